The molecule has 6 nitrogen and oxygen atoms in total. The monoisotopic (exact) mass is 369 g/mol. The first-order valence-electron chi connectivity index (χ1n) is 7.80. The number of amides is 1. The average Bonchev–Trinajstić information content (AvgIpc) is 3.17. The first kappa shape index (κ1) is 18.7. The predicted octanol–water partition coefficient (Wildman–Crippen LogP) is 2.12. The molecule has 2 bridgehead atoms. The summed E-state index contributed by atoms with van der Waals surface area (Å²) in [5.41, 5.74) is 1.51. The van der Waals surface area contributed by atoms with Crippen molar-refractivity contribution < 1.29 is 4.79 Å². The molecular weight excluding hydrogens is 349 g/mol. The van der Waals surface area contributed by atoms with E-state index in [2.05, 4.69) is 20.7 Å². The molecule has 0 spiro atoms. The molecule has 8 heteroatoms. The largest absolute Gasteiger partial charge is 0.349 e. The summed E-state index contributed by atoms with van der Waals surface area (Å²) in [7, 11) is 0. The number of hydrogen-bond acceptors (Lipinski definition) is 4. The zero-order chi connectivity index (χ0) is 14.9. The third-order valence-corrected chi connectivity index (χ3v) is 4.60. The Morgan fingerprint density at radius 3 is 2.62 bits per heavy atom. The second-order valence-electron chi connectivity index (χ2n) is 6.17. The summed E-state index contributed by atoms with van der Waals surface area (Å²) < 4.78 is 1.65. The zero-order valence-electron chi connectivity index (χ0n) is 13.1. The number of halogens is 2. The van der Waals surface area contributed by atoms with Crippen LogP contribution in [0.1, 0.15) is 36.0 Å². The SMILES string of the molecule is Cl.Cl.O=C(NC1CC2CCC(C1)N2)c1cccc(-n2cncn2)c1. The highest BCUT2D eigenvalue weighted by atomic mass is 35.5. The molecule has 2 aliphatic rings. The van der Waals surface area contributed by atoms with E-state index in [4.69, 9.17) is 0 Å². The summed E-state index contributed by atoms with van der Waals surface area (Å²) in [6, 6.07) is 8.90. The van der Waals surface area contributed by atoms with E-state index in [9.17, 15) is 4.79 Å². The van der Waals surface area contributed by atoms with Crippen molar-refractivity contribution in [1.82, 2.24) is 25.4 Å². The molecule has 1 amide bonds. The Morgan fingerprint density at radius 2 is 1.96 bits per heavy atom. The van der Waals surface area contributed by atoms with Gasteiger partial charge in [-0.1, -0.05) is 6.07 Å². The van der Waals surface area contributed by atoms with Crippen LogP contribution in [0.3, 0.4) is 0 Å². The maximum absolute atomic E-state index is 12.5. The van der Waals surface area contributed by atoms with Gasteiger partial charge < -0.3 is 10.6 Å². The molecule has 4 rings (SSSR count). The fraction of sp³-hybridized carbons (Fsp3) is 0.438. The Morgan fingerprint density at radius 1 is 1.21 bits per heavy atom. The molecule has 2 unspecified atom stereocenters. The summed E-state index contributed by atoms with van der Waals surface area (Å²) in [4.78, 5) is 16.4. The second-order valence-corrected chi connectivity index (χ2v) is 6.17. The van der Waals surface area contributed by atoms with Gasteiger partial charge in [-0.3, -0.25) is 4.79 Å². The molecule has 130 valence electrons. The first-order chi connectivity index (χ1) is 10.8. The molecule has 2 N–H and O–H groups in total. The van der Waals surface area contributed by atoms with Gasteiger partial charge in [0.15, 0.2) is 0 Å². The fourth-order valence-corrected chi connectivity index (χ4v) is 3.58. The average molecular weight is 370 g/mol. The standard InChI is InChI=1S/C16H19N5O.2ClH/c22-16(20-14-7-12-4-5-13(8-14)19-12)11-2-1-3-15(6-11)21-10-17-9-18-21;;/h1-3,6,9-10,12-14,19H,4-5,7-8H2,(H,20,22);2*1H. The van der Waals surface area contributed by atoms with E-state index < -0.39 is 0 Å². The molecule has 0 aliphatic carbocycles. The molecule has 0 saturated carbocycles. The molecule has 2 atom stereocenters. The topological polar surface area (TPSA) is 71.8 Å². The van der Waals surface area contributed by atoms with Crippen molar-refractivity contribution >= 4 is 30.7 Å². The Balaban J connectivity index is 0.00000104. The number of nitrogens with one attached hydrogen (secondary N) is 2. The van der Waals surface area contributed by atoms with Crippen LogP contribution >= 0.6 is 24.8 Å². The van der Waals surface area contributed by atoms with Crippen LogP contribution in [0.2, 0.25) is 0 Å². The van der Waals surface area contributed by atoms with Crippen molar-refractivity contribution in [3.8, 4) is 5.69 Å². The molecule has 24 heavy (non-hydrogen) atoms. The van der Waals surface area contributed by atoms with Crippen molar-refractivity contribution in [2.24, 2.45) is 0 Å². The van der Waals surface area contributed by atoms with Crippen LogP contribution < -0.4 is 10.6 Å². The van der Waals surface area contributed by atoms with Crippen LogP contribution in [-0.2, 0) is 0 Å². The Kier molecular flexibility index (Phi) is 6.21. The summed E-state index contributed by atoms with van der Waals surface area (Å²) in [5, 5.41) is 10.9. The molecule has 1 aromatic carbocycles. The van der Waals surface area contributed by atoms with Crippen molar-refractivity contribution in [2.45, 2.75) is 43.8 Å². The molecule has 0 radical (unpaired) electrons. The lowest BCUT2D eigenvalue weighted by molar-refractivity contribution is 0.0924. The van der Waals surface area contributed by atoms with E-state index in [0.29, 0.717) is 17.6 Å². The molecule has 2 fully saturated rings. The van der Waals surface area contributed by atoms with Crippen LogP contribution in [-0.4, -0.2) is 38.8 Å². The number of carbonyl (C=O) groups excluding carboxylic acids is 1. The maximum Gasteiger partial charge on any atom is 0.251 e. The van der Waals surface area contributed by atoms with E-state index in [0.717, 1.165) is 18.5 Å². The third-order valence-electron chi connectivity index (χ3n) is 4.60. The zero-order valence-corrected chi connectivity index (χ0v) is 14.7. The van der Waals surface area contributed by atoms with Crippen molar-refractivity contribution in [1.29, 1.82) is 0 Å². The summed E-state index contributed by atoms with van der Waals surface area (Å²) >= 11 is 0. The number of benzene rings is 1. The van der Waals surface area contributed by atoms with Gasteiger partial charge in [0, 0.05) is 23.7 Å². The number of carbonyl (C=O) groups is 1. The van der Waals surface area contributed by atoms with E-state index in [-0.39, 0.29) is 36.8 Å². The second kappa shape index (κ2) is 7.96. The number of rotatable bonds is 3. The lowest BCUT2D eigenvalue weighted by Gasteiger charge is -2.29. The predicted molar refractivity (Wildman–Crippen MR) is 96.3 cm³/mol. The molecule has 3 heterocycles. The lowest BCUT2D eigenvalue weighted by Crippen LogP contribution is -2.48. The highest BCUT2D eigenvalue weighted by molar-refractivity contribution is 5.94. The molecular formula is C16H21Cl2N5O. The van der Waals surface area contributed by atoms with Crippen LogP contribution in [0.15, 0.2) is 36.9 Å². The minimum atomic E-state index is -0.00624. The molecule has 2 saturated heterocycles. The Labute approximate surface area is 153 Å². The van der Waals surface area contributed by atoms with Crippen molar-refractivity contribution in [3.05, 3.63) is 42.5 Å². The Hall–Kier alpha value is -1.63. The minimum absolute atomic E-state index is 0. The van der Waals surface area contributed by atoms with Crippen LogP contribution in [0.4, 0.5) is 0 Å². The molecule has 2 aromatic rings. The number of aromatic nitrogens is 3. The quantitative estimate of drug-likeness (QED) is 0.868. The smallest absolute Gasteiger partial charge is 0.251 e. The van der Waals surface area contributed by atoms with E-state index >= 15 is 0 Å². The number of piperidine rings is 1. The number of nitrogens with zero attached hydrogens (tertiary/aromatic N) is 3. The summed E-state index contributed by atoms with van der Waals surface area (Å²) in [6.07, 6.45) is 7.65. The van der Waals surface area contributed by atoms with E-state index in [1.807, 2.05) is 24.3 Å². The van der Waals surface area contributed by atoms with Crippen molar-refractivity contribution in [3.63, 3.8) is 0 Å². The van der Waals surface area contributed by atoms with Crippen LogP contribution in [0, 0.1) is 0 Å². The fourth-order valence-electron chi connectivity index (χ4n) is 3.58. The maximum atomic E-state index is 12.5. The number of hydrogen-bond donors (Lipinski definition) is 2. The van der Waals surface area contributed by atoms with Gasteiger partial charge in [-0.2, -0.15) is 5.10 Å². The lowest BCUT2D eigenvalue weighted by atomic mass is 9.99. The normalized spacial score (nSPS) is 24.6. The molecule has 1 aromatic heterocycles. The van der Waals surface area contributed by atoms with Crippen LogP contribution in [0.5, 0.6) is 0 Å². The van der Waals surface area contributed by atoms with Gasteiger partial charge in [0.1, 0.15) is 12.7 Å². The van der Waals surface area contributed by atoms with Gasteiger partial charge in [0.2, 0.25) is 0 Å². The van der Waals surface area contributed by atoms with Crippen molar-refractivity contribution in [2.75, 3.05) is 0 Å². The number of fused-ring (bicyclic) bond motifs is 2. The highest BCUT2D eigenvalue weighted by Crippen LogP contribution is 2.27. The van der Waals surface area contributed by atoms with E-state index in [1.165, 1.54) is 19.2 Å². The summed E-state index contributed by atoms with van der Waals surface area (Å²) in [5.74, 6) is -0.00624. The van der Waals surface area contributed by atoms with Gasteiger partial charge in [0.05, 0.1) is 5.69 Å². The van der Waals surface area contributed by atoms with Gasteiger partial charge in [-0.15, -0.1) is 24.8 Å². The van der Waals surface area contributed by atoms with Gasteiger partial charge in [0.25, 0.3) is 5.91 Å². The Bertz CT molecular complexity index is 667. The van der Waals surface area contributed by atoms with Gasteiger partial charge >= 0.3 is 0 Å². The highest BCUT2D eigenvalue weighted by Gasteiger charge is 2.34. The van der Waals surface area contributed by atoms with Gasteiger partial charge in [-0.25, -0.2) is 9.67 Å². The van der Waals surface area contributed by atoms with Crippen LogP contribution in [0.25, 0.3) is 5.69 Å². The van der Waals surface area contributed by atoms with E-state index in [1.54, 1.807) is 11.0 Å². The first-order valence-corrected chi connectivity index (χ1v) is 7.80. The summed E-state index contributed by atoms with van der Waals surface area (Å²) in [6.45, 7) is 0. The minimum Gasteiger partial charge on any atom is -0.349 e. The third kappa shape index (κ3) is 3.88. The van der Waals surface area contributed by atoms with Gasteiger partial charge in [-0.05, 0) is 43.9 Å². The molecule has 2 aliphatic heterocycles.